The lowest BCUT2D eigenvalue weighted by molar-refractivity contribution is -0.137. The van der Waals surface area contributed by atoms with Crippen molar-refractivity contribution in [3.63, 3.8) is 0 Å². The molecule has 1 N–H and O–H groups in total. The number of carbonyl (C=O) groups excluding carboxylic acids is 1. The molecule has 3 aromatic rings. The summed E-state index contributed by atoms with van der Waals surface area (Å²) < 4.78 is 39.6. The first-order chi connectivity index (χ1) is 12.4. The lowest BCUT2D eigenvalue weighted by Gasteiger charge is -2.08. The normalized spacial score (nSPS) is 11.3. The maximum atomic E-state index is 12.7. The first-order valence-electron chi connectivity index (χ1n) is 7.66. The van der Waals surface area contributed by atoms with Crippen molar-refractivity contribution >= 4 is 5.91 Å². The number of nitrogens with zero attached hydrogens (tertiary/aromatic N) is 4. The molecule has 0 unspecified atom stereocenters. The largest absolute Gasteiger partial charge is 0.416 e. The van der Waals surface area contributed by atoms with Crippen LogP contribution in [0.4, 0.5) is 13.2 Å². The topological polar surface area (TPSA) is 72.7 Å². The molecule has 0 spiro atoms. The number of hydrogen-bond donors (Lipinski definition) is 1. The van der Waals surface area contributed by atoms with E-state index in [2.05, 4.69) is 20.6 Å². The van der Waals surface area contributed by atoms with Gasteiger partial charge in [-0.3, -0.25) is 9.78 Å². The van der Waals surface area contributed by atoms with Gasteiger partial charge in [0.2, 0.25) is 5.91 Å². The van der Waals surface area contributed by atoms with E-state index >= 15 is 0 Å². The standard InChI is InChI=1S/C17H14F3N5O/c18-17(19,20)13-3-1-2-12(8-13)9-16(26)22-10-14-11-25(24-23-14)15-4-6-21-7-5-15/h1-8,11H,9-10H2,(H,22,26). The Hall–Kier alpha value is -3.23. The van der Waals surface area contributed by atoms with E-state index in [4.69, 9.17) is 0 Å². The molecule has 0 aliphatic heterocycles. The van der Waals surface area contributed by atoms with Crippen LogP contribution in [0, 0.1) is 0 Å². The molecule has 1 amide bonds. The summed E-state index contributed by atoms with van der Waals surface area (Å²) in [4.78, 5) is 15.9. The summed E-state index contributed by atoms with van der Waals surface area (Å²) in [5.41, 5.74) is 0.814. The number of hydrogen-bond acceptors (Lipinski definition) is 4. The maximum absolute atomic E-state index is 12.7. The summed E-state index contributed by atoms with van der Waals surface area (Å²) in [7, 11) is 0. The van der Waals surface area contributed by atoms with E-state index in [0.717, 1.165) is 17.8 Å². The second-order valence-corrected chi connectivity index (χ2v) is 5.51. The number of amides is 1. The zero-order chi connectivity index (χ0) is 18.6. The predicted molar refractivity (Wildman–Crippen MR) is 86.1 cm³/mol. The number of benzene rings is 1. The summed E-state index contributed by atoms with van der Waals surface area (Å²) in [5, 5.41) is 10.5. The van der Waals surface area contributed by atoms with Crippen LogP contribution in [-0.2, 0) is 23.9 Å². The van der Waals surface area contributed by atoms with Crippen molar-refractivity contribution in [2.24, 2.45) is 0 Å². The molecule has 0 aliphatic carbocycles. The quantitative estimate of drug-likeness (QED) is 0.758. The van der Waals surface area contributed by atoms with Gasteiger partial charge in [0.1, 0.15) is 5.69 Å². The van der Waals surface area contributed by atoms with Crippen LogP contribution in [0.25, 0.3) is 5.69 Å². The van der Waals surface area contributed by atoms with Gasteiger partial charge in [0.15, 0.2) is 0 Å². The fourth-order valence-electron chi connectivity index (χ4n) is 2.30. The molecule has 2 aromatic heterocycles. The number of alkyl halides is 3. The highest BCUT2D eigenvalue weighted by atomic mass is 19.4. The highest BCUT2D eigenvalue weighted by Crippen LogP contribution is 2.29. The third-order valence-corrected chi connectivity index (χ3v) is 3.55. The van der Waals surface area contributed by atoms with Crippen molar-refractivity contribution in [3.8, 4) is 5.69 Å². The van der Waals surface area contributed by atoms with Gasteiger partial charge < -0.3 is 5.32 Å². The van der Waals surface area contributed by atoms with Gasteiger partial charge in [-0.2, -0.15) is 13.2 Å². The summed E-state index contributed by atoms with van der Waals surface area (Å²) in [6, 6.07) is 8.22. The first-order valence-corrected chi connectivity index (χ1v) is 7.66. The van der Waals surface area contributed by atoms with Crippen molar-refractivity contribution in [3.05, 3.63) is 71.8 Å². The number of halogens is 3. The molecule has 1 aromatic carbocycles. The Morgan fingerprint density at radius 1 is 1.15 bits per heavy atom. The van der Waals surface area contributed by atoms with Gasteiger partial charge in [-0.05, 0) is 23.8 Å². The second kappa shape index (κ2) is 7.34. The Labute approximate surface area is 146 Å². The van der Waals surface area contributed by atoms with Crippen LogP contribution in [0.3, 0.4) is 0 Å². The molecule has 9 heteroatoms. The van der Waals surface area contributed by atoms with Crippen molar-refractivity contribution in [1.82, 2.24) is 25.3 Å². The minimum Gasteiger partial charge on any atom is -0.350 e. The number of nitrogens with one attached hydrogen (secondary N) is 1. The minimum atomic E-state index is -4.43. The molecule has 0 fully saturated rings. The van der Waals surface area contributed by atoms with Crippen molar-refractivity contribution in [2.45, 2.75) is 19.1 Å². The average Bonchev–Trinajstić information content (AvgIpc) is 3.09. The van der Waals surface area contributed by atoms with Crippen LogP contribution in [-0.4, -0.2) is 25.9 Å². The van der Waals surface area contributed by atoms with E-state index in [1.165, 1.54) is 16.8 Å². The van der Waals surface area contributed by atoms with E-state index in [0.29, 0.717) is 5.69 Å². The third kappa shape index (κ3) is 4.44. The smallest absolute Gasteiger partial charge is 0.350 e. The Bertz CT molecular complexity index is 893. The van der Waals surface area contributed by atoms with Crippen molar-refractivity contribution in [2.75, 3.05) is 0 Å². The van der Waals surface area contributed by atoms with Gasteiger partial charge in [-0.15, -0.1) is 5.10 Å². The van der Waals surface area contributed by atoms with E-state index in [9.17, 15) is 18.0 Å². The first kappa shape index (κ1) is 17.6. The Morgan fingerprint density at radius 2 is 1.92 bits per heavy atom. The van der Waals surface area contributed by atoms with Gasteiger partial charge in [-0.1, -0.05) is 23.4 Å². The molecule has 0 bridgehead atoms. The van der Waals surface area contributed by atoms with Crippen LogP contribution in [0.5, 0.6) is 0 Å². The van der Waals surface area contributed by atoms with E-state index in [1.807, 2.05) is 0 Å². The summed E-state index contributed by atoms with van der Waals surface area (Å²) in [6.45, 7) is 0.128. The SMILES string of the molecule is O=C(Cc1cccc(C(F)(F)F)c1)NCc1cn(-c2ccncc2)nn1. The minimum absolute atomic E-state index is 0.128. The lowest BCUT2D eigenvalue weighted by atomic mass is 10.1. The third-order valence-electron chi connectivity index (χ3n) is 3.55. The fourth-order valence-corrected chi connectivity index (χ4v) is 2.30. The zero-order valence-electron chi connectivity index (χ0n) is 13.4. The van der Waals surface area contributed by atoms with Gasteiger partial charge in [0.25, 0.3) is 0 Å². The second-order valence-electron chi connectivity index (χ2n) is 5.51. The highest BCUT2D eigenvalue weighted by molar-refractivity contribution is 5.78. The molecule has 26 heavy (non-hydrogen) atoms. The van der Waals surface area contributed by atoms with Crippen LogP contribution >= 0.6 is 0 Å². The monoisotopic (exact) mass is 361 g/mol. The van der Waals surface area contributed by atoms with Crippen molar-refractivity contribution in [1.29, 1.82) is 0 Å². The van der Waals surface area contributed by atoms with E-state index < -0.39 is 17.6 Å². The number of carbonyl (C=O) groups is 1. The lowest BCUT2D eigenvalue weighted by Crippen LogP contribution is -2.24. The molecule has 0 saturated heterocycles. The van der Waals surface area contributed by atoms with Crippen LogP contribution in [0.15, 0.2) is 55.0 Å². The number of aromatic nitrogens is 4. The summed E-state index contributed by atoms with van der Waals surface area (Å²) in [5.74, 6) is -0.400. The molecule has 134 valence electrons. The molecule has 0 radical (unpaired) electrons. The van der Waals surface area contributed by atoms with Crippen LogP contribution in [0.1, 0.15) is 16.8 Å². The zero-order valence-corrected chi connectivity index (χ0v) is 13.4. The molecule has 0 atom stereocenters. The van der Waals surface area contributed by atoms with Gasteiger partial charge in [-0.25, -0.2) is 4.68 Å². The fraction of sp³-hybridized carbons (Fsp3) is 0.176. The molecule has 3 rings (SSSR count). The highest BCUT2D eigenvalue weighted by Gasteiger charge is 2.30. The number of pyridine rings is 1. The average molecular weight is 361 g/mol. The molecular formula is C17H14F3N5O. The van der Waals surface area contributed by atoms with E-state index in [1.54, 1.807) is 30.7 Å². The molecule has 6 nitrogen and oxygen atoms in total. The predicted octanol–water partition coefficient (Wildman–Crippen LogP) is 2.54. The van der Waals surface area contributed by atoms with E-state index in [-0.39, 0.29) is 18.5 Å². The molecular weight excluding hydrogens is 347 g/mol. The van der Waals surface area contributed by atoms with Gasteiger partial charge >= 0.3 is 6.18 Å². The molecule has 0 aliphatic rings. The Morgan fingerprint density at radius 3 is 2.65 bits per heavy atom. The van der Waals surface area contributed by atoms with Gasteiger partial charge in [0, 0.05) is 12.4 Å². The Balaban J connectivity index is 1.57. The molecule has 2 heterocycles. The summed E-state index contributed by atoms with van der Waals surface area (Å²) >= 11 is 0. The number of rotatable bonds is 5. The van der Waals surface area contributed by atoms with Gasteiger partial charge in [0.05, 0.1) is 30.4 Å². The maximum Gasteiger partial charge on any atom is 0.416 e. The summed E-state index contributed by atoms with van der Waals surface area (Å²) in [6.07, 6.45) is 0.307. The van der Waals surface area contributed by atoms with Crippen LogP contribution in [0.2, 0.25) is 0 Å². The van der Waals surface area contributed by atoms with Crippen molar-refractivity contribution < 1.29 is 18.0 Å². The Kier molecular flexibility index (Phi) is 4.97. The van der Waals surface area contributed by atoms with Crippen LogP contribution < -0.4 is 5.32 Å². The molecule has 0 saturated carbocycles.